The number of aromatic nitrogens is 3. The second kappa shape index (κ2) is 6.61. The zero-order valence-corrected chi connectivity index (χ0v) is 11.9. The van der Waals surface area contributed by atoms with Gasteiger partial charge >= 0.3 is 12.4 Å². The average Bonchev–Trinajstić information content (AvgIpc) is 2.44. The second-order valence-electron chi connectivity index (χ2n) is 4.69. The van der Waals surface area contributed by atoms with Gasteiger partial charge in [-0.05, 0) is 6.07 Å². The molecule has 134 valence electrons. The first kappa shape index (κ1) is 18.5. The van der Waals surface area contributed by atoms with Crippen molar-refractivity contribution in [1.82, 2.24) is 15.0 Å². The first-order valence-corrected chi connectivity index (χ1v) is 6.37. The molecule has 1 N–H and O–H groups in total. The highest BCUT2D eigenvalue weighted by atomic mass is 19.4. The lowest BCUT2D eigenvalue weighted by atomic mass is 10.2. The minimum atomic E-state index is -5.10. The van der Waals surface area contributed by atoms with E-state index in [1.54, 1.807) is 0 Å². The molecule has 0 aliphatic carbocycles. The highest BCUT2D eigenvalue weighted by molar-refractivity contribution is 5.91. The summed E-state index contributed by atoms with van der Waals surface area (Å²) in [6.07, 6.45) is -9.67. The van der Waals surface area contributed by atoms with Gasteiger partial charge in [0.25, 0.3) is 0 Å². The third kappa shape index (κ3) is 5.09. The molecule has 0 bridgehead atoms. The standard InChI is InChI=1S/C13H7F7N4O/c14-7-1-6(3-21-4-7)11-22-5-8(10(24-11)13(18,19)20)23-9(25)2-12(15,16)17/h1,3-5H,2H2,(H,23,25). The Morgan fingerprint density at radius 3 is 2.32 bits per heavy atom. The molecule has 2 aromatic rings. The lowest BCUT2D eigenvalue weighted by Gasteiger charge is -2.14. The molecule has 2 rings (SSSR count). The third-order valence-electron chi connectivity index (χ3n) is 2.66. The SMILES string of the molecule is O=C(CC(F)(F)F)Nc1cnc(-c2cncc(F)c2)nc1C(F)(F)F. The third-order valence-corrected chi connectivity index (χ3v) is 2.66. The first-order chi connectivity index (χ1) is 11.5. The predicted octanol–water partition coefficient (Wildman–Crippen LogP) is 3.59. The maximum absolute atomic E-state index is 13.1. The van der Waals surface area contributed by atoms with E-state index in [4.69, 9.17) is 0 Å². The van der Waals surface area contributed by atoms with Gasteiger partial charge in [0, 0.05) is 11.8 Å². The highest BCUT2D eigenvalue weighted by Gasteiger charge is 2.38. The number of amides is 1. The molecule has 0 unspecified atom stereocenters. The molecule has 1 amide bonds. The van der Waals surface area contributed by atoms with Crippen LogP contribution in [0.2, 0.25) is 0 Å². The largest absolute Gasteiger partial charge is 0.435 e. The zero-order valence-electron chi connectivity index (χ0n) is 11.9. The molecule has 2 aromatic heterocycles. The van der Waals surface area contributed by atoms with Crippen molar-refractivity contribution >= 4 is 11.6 Å². The lowest BCUT2D eigenvalue weighted by molar-refractivity contribution is -0.150. The molecule has 0 radical (unpaired) electrons. The molecule has 0 aromatic carbocycles. The van der Waals surface area contributed by atoms with E-state index in [2.05, 4.69) is 15.0 Å². The van der Waals surface area contributed by atoms with Crippen molar-refractivity contribution in [3.8, 4) is 11.4 Å². The summed E-state index contributed by atoms with van der Waals surface area (Å²) >= 11 is 0. The smallest absolute Gasteiger partial charge is 0.323 e. The van der Waals surface area contributed by atoms with Crippen LogP contribution in [0.1, 0.15) is 12.1 Å². The van der Waals surface area contributed by atoms with E-state index in [-0.39, 0.29) is 5.56 Å². The van der Waals surface area contributed by atoms with Crippen molar-refractivity contribution < 1.29 is 35.5 Å². The number of carbonyl (C=O) groups excluding carboxylic acids is 1. The Labute approximate surface area is 134 Å². The Hall–Kier alpha value is -2.79. The molecule has 0 aliphatic heterocycles. The number of hydrogen-bond donors (Lipinski definition) is 1. The number of alkyl halides is 6. The van der Waals surface area contributed by atoms with Gasteiger partial charge in [-0.15, -0.1) is 0 Å². The Bertz CT molecular complexity index is 789. The Balaban J connectivity index is 2.40. The van der Waals surface area contributed by atoms with E-state index in [9.17, 15) is 35.5 Å². The van der Waals surface area contributed by atoms with Crippen molar-refractivity contribution in [1.29, 1.82) is 0 Å². The molecule has 0 spiro atoms. The summed E-state index contributed by atoms with van der Waals surface area (Å²) in [6.45, 7) is 0. The Morgan fingerprint density at radius 1 is 1.08 bits per heavy atom. The van der Waals surface area contributed by atoms with Crippen LogP contribution in [-0.4, -0.2) is 27.0 Å². The van der Waals surface area contributed by atoms with Gasteiger partial charge in [0.15, 0.2) is 11.5 Å². The summed E-state index contributed by atoms with van der Waals surface area (Å²) in [5.41, 5.74) is -2.90. The molecule has 2 heterocycles. The number of carbonyl (C=O) groups is 1. The quantitative estimate of drug-likeness (QED) is 0.841. The molecule has 0 aliphatic rings. The molecule has 12 heteroatoms. The average molecular weight is 368 g/mol. The summed E-state index contributed by atoms with van der Waals surface area (Å²) in [5.74, 6) is -3.12. The number of hydrogen-bond acceptors (Lipinski definition) is 4. The zero-order chi connectivity index (χ0) is 18.8. The van der Waals surface area contributed by atoms with Crippen LogP contribution in [0.15, 0.2) is 24.7 Å². The van der Waals surface area contributed by atoms with Gasteiger partial charge in [0.2, 0.25) is 5.91 Å². The molecule has 0 saturated heterocycles. The van der Waals surface area contributed by atoms with E-state index in [1.807, 2.05) is 0 Å². The van der Waals surface area contributed by atoms with Crippen LogP contribution in [0.5, 0.6) is 0 Å². The van der Waals surface area contributed by atoms with Gasteiger partial charge in [0.05, 0.1) is 18.1 Å². The van der Waals surface area contributed by atoms with E-state index in [0.29, 0.717) is 6.20 Å². The monoisotopic (exact) mass is 368 g/mol. The van der Waals surface area contributed by atoms with Crippen LogP contribution in [0, 0.1) is 5.82 Å². The van der Waals surface area contributed by atoms with Gasteiger partial charge in [-0.25, -0.2) is 14.4 Å². The van der Waals surface area contributed by atoms with Crippen molar-refractivity contribution in [3.63, 3.8) is 0 Å². The number of nitrogens with zero attached hydrogens (tertiary/aromatic N) is 3. The molecular formula is C13H7F7N4O. The fourth-order valence-electron chi connectivity index (χ4n) is 1.74. The molecule has 0 atom stereocenters. The predicted molar refractivity (Wildman–Crippen MR) is 69.5 cm³/mol. The maximum Gasteiger partial charge on any atom is 0.435 e. The Kier molecular flexibility index (Phi) is 4.90. The van der Waals surface area contributed by atoms with Crippen molar-refractivity contribution in [2.24, 2.45) is 0 Å². The summed E-state index contributed by atoms with van der Waals surface area (Å²) in [4.78, 5) is 21.3. The normalized spacial score (nSPS) is 12.1. The first-order valence-electron chi connectivity index (χ1n) is 6.37. The number of anilines is 1. The summed E-state index contributed by atoms with van der Waals surface area (Å²) in [7, 11) is 0. The van der Waals surface area contributed by atoms with E-state index >= 15 is 0 Å². The number of pyridine rings is 1. The van der Waals surface area contributed by atoms with Crippen LogP contribution in [0.3, 0.4) is 0 Å². The lowest BCUT2D eigenvalue weighted by Crippen LogP contribution is -2.23. The summed E-state index contributed by atoms with van der Waals surface area (Å²) in [5, 5.41) is 1.47. The minimum Gasteiger partial charge on any atom is -0.323 e. The molecule has 5 nitrogen and oxygen atoms in total. The van der Waals surface area contributed by atoms with Crippen LogP contribution in [0.4, 0.5) is 36.4 Å². The molecule has 25 heavy (non-hydrogen) atoms. The number of rotatable bonds is 3. The fourth-order valence-corrected chi connectivity index (χ4v) is 1.74. The molecular weight excluding hydrogens is 361 g/mol. The maximum atomic E-state index is 13.1. The minimum absolute atomic E-state index is 0.182. The highest BCUT2D eigenvalue weighted by Crippen LogP contribution is 2.34. The van der Waals surface area contributed by atoms with Crippen LogP contribution < -0.4 is 5.32 Å². The van der Waals surface area contributed by atoms with Gasteiger partial charge in [-0.2, -0.15) is 26.3 Å². The topological polar surface area (TPSA) is 67.8 Å². The van der Waals surface area contributed by atoms with Crippen molar-refractivity contribution in [3.05, 3.63) is 36.2 Å². The fraction of sp³-hybridized carbons (Fsp3) is 0.231. The number of nitrogens with one attached hydrogen (secondary N) is 1. The van der Waals surface area contributed by atoms with E-state index in [1.165, 1.54) is 5.32 Å². The number of halogens is 7. The van der Waals surface area contributed by atoms with Crippen LogP contribution in [-0.2, 0) is 11.0 Å². The molecule has 0 saturated carbocycles. The van der Waals surface area contributed by atoms with Gasteiger partial charge in [0.1, 0.15) is 12.2 Å². The molecule has 0 fully saturated rings. The van der Waals surface area contributed by atoms with Crippen molar-refractivity contribution in [2.45, 2.75) is 18.8 Å². The van der Waals surface area contributed by atoms with E-state index in [0.717, 1.165) is 18.5 Å². The summed E-state index contributed by atoms with van der Waals surface area (Å²) < 4.78 is 88.6. The van der Waals surface area contributed by atoms with Crippen LogP contribution >= 0.6 is 0 Å². The summed E-state index contributed by atoms with van der Waals surface area (Å²) in [6, 6.07) is 0.824. The van der Waals surface area contributed by atoms with Gasteiger partial charge in [-0.1, -0.05) is 0 Å². The van der Waals surface area contributed by atoms with Crippen molar-refractivity contribution in [2.75, 3.05) is 5.32 Å². The van der Waals surface area contributed by atoms with Gasteiger partial charge in [-0.3, -0.25) is 9.78 Å². The van der Waals surface area contributed by atoms with Crippen LogP contribution in [0.25, 0.3) is 11.4 Å². The van der Waals surface area contributed by atoms with E-state index < -0.39 is 47.7 Å². The second-order valence-corrected chi connectivity index (χ2v) is 4.69. The van der Waals surface area contributed by atoms with Gasteiger partial charge < -0.3 is 5.32 Å². The Morgan fingerprint density at radius 2 is 1.76 bits per heavy atom.